The Morgan fingerprint density at radius 1 is 1.21 bits per heavy atom. The van der Waals surface area contributed by atoms with Crippen LogP contribution in [0.2, 0.25) is 0 Å². The lowest BCUT2D eigenvalue weighted by Crippen LogP contribution is -2.38. The zero-order valence-corrected chi connectivity index (χ0v) is 16.6. The second kappa shape index (κ2) is 7.54. The highest BCUT2D eigenvalue weighted by molar-refractivity contribution is 5.92. The van der Waals surface area contributed by atoms with Crippen LogP contribution in [0.3, 0.4) is 0 Å². The summed E-state index contributed by atoms with van der Waals surface area (Å²) in [7, 11) is 0. The van der Waals surface area contributed by atoms with Crippen LogP contribution < -0.4 is 10.1 Å². The van der Waals surface area contributed by atoms with Crippen LogP contribution in [-0.4, -0.2) is 33.9 Å². The molecule has 1 aromatic heterocycles. The number of urea groups is 1. The van der Waals surface area contributed by atoms with Crippen molar-refractivity contribution in [2.24, 2.45) is 0 Å². The molecule has 0 spiro atoms. The summed E-state index contributed by atoms with van der Waals surface area (Å²) in [5.41, 5.74) is 4.25. The second-order valence-electron chi connectivity index (χ2n) is 7.42. The fourth-order valence-corrected chi connectivity index (χ4v) is 3.69. The van der Waals surface area contributed by atoms with E-state index >= 15 is 0 Å². The number of ether oxygens (including phenoxy) is 1. The molecule has 2 aromatic carbocycles. The molecule has 0 atom stereocenters. The molecule has 0 unspecified atom stereocenters. The SMILES string of the molecule is CCOc1ccc2c(c1)CN(C(=O)Nc1ccc3cnn(C(C)C)c3c1)CC2. The van der Waals surface area contributed by atoms with E-state index in [4.69, 9.17) is 4.74 Å². The van der Waals surface area contributed by atoms with E-state index in [-0.39, 0.29) is 12.1 Å². The summed E-state index contributed by atoms with van der Waals surface area (Å²) in [6.07, 6.45) is 2.72. The molecule has 0 saturated carbocycles. The summed E-state index contributed by atoms with van der Waals surface area (Å²) in [5.74, 6) is 0.857. The lowest BCUT2D eigenvalue weighted by atomic mass is 10.00. The second-order valence-corrected chi connectivity index (χ2v) is 7.42. The highest BCUT2D eigenvalue weighted by Gasteiger charge is 2.21. The van der Waals surface area contributed by atoms with E-state index in [0.717, 1.165) is 34.3 Å². The molecule has 6 heteroatoms. The molecule has 2 amide bonds. The Hall–Kier alpha value is -3.02. The Kier molecular flexibility index (Phi) is 4.94. The number of nitrogens with one attached hydrogen (secondary N) is 1. The van der Waals surface area contributed by atoms with Gasteiger partial charge in [0.25, 0.3) is 0 Å². The maximum atomic E-state index is 12.8. The van der Waals surface area contributed by atoms with Gasteiger partial charge in [0, 0.05) is 30.2 Å². The fraction of sp³-hybridized carbons (Fsp3) is 0.364. The molecule has 0 aliphatic carbocycles. The molecule has 4 rings (SSSR count). The van der Waals surface area contributed by atoms with Crippen LogP contribution in [0.4, 0.5) is 10.5 Å². The maximum Gasteiger partial charge on any atom is 0.322 e. The van der Waals surface area contributed by atoms with Gasteiger partial charge in [-0.3, -0.25) is 4.68 Å². The van der Waals surface area contributed by atoms with Gasteiger partial charge in [-0.25, -0.2) is 4.79 Å². The first-order valence-electron chi connectivity index (χ1n) is 9.83. The average Bonchev–Trinajstić information content (AvgIpc) is 3.11. The number of nitrogens with zero attached hydrogens (tertiary/aromatic N) is 3. The van der Waals surface area contributed by atoms with Crippen molar-refractivity contribution < 1.29 is 9.53 Å². The molecule has 1 N–H and O–H groups in total. The van der Waals surface area contributed by atoms with Crippen molar-refractivity contribution in [3.63, 3.8) is 0 Å². The average molecular weight is 378 g/mol. The molecule has 0 saturated heterocycles. The van der Waals surface area contributed by atoms with Crippen LogP contribution in [0.25, 0.3) is 10.9 Å². The van der Waals surface area contributed by atoms with E-state index in [0.29, 0.717) is 19.7 Å². The summed E-state index contributed by atoms with van der Waals surface area (Å²) in [4.78, 5) is 14.7. The molecule has 2 heterocycles. The minimum atomic E-state index is -0.0811. The zero-order chi connectivity index (χ0) is 19.7. The van der Waals surface area contributed by atoms with Gasteiger partial charge in [-0.2, -0.15) is 5.10 Å². The summed E-state index contributed by atoms with van der Waals surface area (Å²) in [6, 6.07) is 12.3. The Balaban J connectivity index is 1.50. The van der Waals surface area contributed by atoms with Crippen LogP contribution in [0.5, 0.6) is 5.75 Å². The quantitative estimate of drug-likeness (QED) is 0.721. The fourth-order valence-electron chi connectivity index (χ4n) is 3.69. The van der Waals surface area contributed by atoms with E-state index in [1.807, 2.05) is 53.0 Å². The van der Waals surface area contributed by atoms with Crippen LogP contribution in [0, 0.1) is 0 Å². The molecule has 0 fully saturated rings. The maximum absolute atomic E-state index is 12.8. The van der Waals surface area contributed by atoms with E-state index in [1.165, 1.54) is 5.56 Å². The monoisotopic (exact) mass is 378 g/mol. The van der Waals surface area contributed by atoms with Gasteiger partial charge in [0.15, 0.2) is 0 Å². The van der Waals surface area contributed by atoms with Crippen LogP contribution >= 0.6 is 0 Å². The van der Waals surface area contributed by atoms with Gasteiger partial charge in [-0.1, -0.05) is 6.07 Å². The highest BCUT2D eigenvalue weighted by Crippen LogP contribution is 2.25. The number of carbonyl (C=O) groups is 1. The summed E-state index contributed by atoms with van der Waals surface area (Å²) < 4.78 is 7.57. The predicted molar refractivity (Wildman–Crippen MR) is 111 cm³/mol. The largest absolute Gasteiger partial charge is 0.494 e. The molecule has 0 bridgehead atoms. The van der Waals surface area contributed by atoms with E-state index in [2.05, 4.69) is 30.3 Å². The van der Waals surface area contributed by atoms with Crippen molar-refractivity contribution in [1.82, 2.24) is 14.7 Å². The molecule has 146 valence electrons. The third-order valence-electron chi connectivity index (χ3n) is 5.13. The Bertz CT molecular complexity index is 1010. The number of benzene rings is 2. The first-order valence-corrected chi connectivity index (χ1v) is 9.83. The number of hydrogen-bond acceptors (Lipinski definition) is 3. The lowest BCUT2D eigenvalue weighted by molar-refractivity contribution is 0.206. The standard InChI is InChI=1S/C22H26N4O2/c1-4-28-20-8-6-16-9-10-25(14-18(16)11-20)22(27)24-19-7-5-17-13-23-26(15(2)3)21(17)12-19/h5-8,11-13,15H,4,9-10,14H2,1-3H3,(H,24,27). The molecule has 3 aromatic rings. The van der Waals surface area contributed by atoms with E-state index in [9.17, 15) is 4.79 Å². The first kappa shape index (κ1) is 18.3. The van der Waals surface area contributed by atoms with Crippen molar-refractivity contribution in [2.45, 2.75) is 39.8 Å². The smallest absolute Gasteiger partial charge is 0.322 e. The third-order valence-corrected chi connectivity index (χ3v) is 5.13. The van der Waals surface area contributed by atoms with Gasteiger partial charge in [0.05, 0.1) is 18.3 Å². The molecule has 0 radical (unpaired) electrons. The highest BCUT2D eigenvalue weighted by atomic mass is 16.5. The number of carbonyl (C=O) groups excluding carboxylic acids is 1. The first-order chi connectivity index (χ1) is 13.5. The Morgan fingerprint density at radius 2 is 2.07 bits per heavy atom. The van der Waals surface area contributed by atoms with E-state index in [1.54, 1.807) is 0 Å². The summed E-state index contributed by atoms with van der Waals surface area (Å²) in [6.45, 7) is 8.10. The van der Waals surface area contributed by atoms with Crippen molar-refractivity contribution >= 4 is 22.6 Å². The Labute approximate surface area is 165 Å². The number of amides is 2. The van der Waals surface area contributed by atoms with Crippen molar-refractivity contribution in [1.29, 1.82) is 0 Å². The van der Waals surface area contributed by atoms with Gasteiger partial charge in [-0.05, 0) is 68.7 Å². The number of fused-ring (bicyclic) bond motifs is 2. The normalized spacial score (nSPS) is 13.6. The molecule has 6 nitrogen and oxygen atoms in total. The number of anilines is 1. The van der Waals surface area contributed by atoms with Crippen molar-refractivity contribution in [3.8, 4) is 5.75 Å². The van der Waals surface area contributed by atoms with E-state index < -0.39 is 0 Å². The van der Waals surface area contributed by atoms with Gasteiger partial charge in [0.2, 0.25) is 0 Å². The minimum absolute atomic E-state index is 0.0811. The molecular weight excluding hydrogens is 352 g/mol. The number of hydrogen-bond donors (Lipinski definition) is 1. The predicted octanol–water partition coefficient (Wildman–Crippen LogP) is 4.61. The van der Waals surface area contributed by atoms with Crippen molar-refractivity contribution in [2.75, 3.05) is 18.5 Å². The number of rotatable bonds is 4. The van der Waals surface area contributed by atoms with Gasteiger partial charge < -0.3 is 15.0 Å². The van der Waals surface area contributed by atoms with Gasteiger partial charge >= 0.3 is 6.03 Å². The summed E-state index contributed by atoms with van der Waals surface area (Å²) >= 11 is 0. The van der Waals surface area contributed by atoms with Crippen LogP contribution in [-0.2, 0) is 13.0 Å². The lowest BCUT2D eigenvalue weighted by Gasteiger charge is -2.29. The third kappa shape index (κ3) is 3.54. The summed E-state index contributed by atoms with van der Waals surface area (Å²) in [5, 5.41) is 8.55. The molecule has 1 aliphatic heterocycles. The Morgan fingerprint density at radius 3 is 2.86 bits per heavy atom. The minimum Gasteiger partial charge on any atom is -0.494 e. The molecule has 1 aliphatic rings. The number of aromatic nitrogens is 2. The topological polar surface area (TPSA) is 59.4 Å². The van der Waals surface area contributed by atoms with Gasteiger partial charge in [0.1, 0.15) is 5.75 Å². The van der Waals surface area contributed by atoms with Crippen molar-refractivity contribution in [3.05, 3.63) is 53.7 Å². The molecular formula is C22H26N4O2. The molecule has 28 heavy (non-hydrogen) atoms. The van der Waals surface area contributed by atoms with Crippen LogP contribution in [0.15, 0.2) is 42.6 Å². The van der Waals surface area contributed by atoms with Crippen LogP contribution in [0.1, 0.15) is 37.9 Å². The van der Waals surface area contributed by atoms with Gasteiger partial charge in [-0.15, -0.1) is 0 Å². The zero-order valence-electron chi connectivity index (χ0n) is 16.6.